The summed E-state index contributed by atoms with van der Waals surface area (Å²) in [4.78, 5) is 22.1. The molecule has 1 unspecified atom stereocenters. The number of carbonyl (C=O) groups is 1. The number of nitrogens with one attached hydrogen (secondary N) is 2. The van der Waals surface area contributed by atoms with E-state index in [1.807, 2.05) is 0 Å². The Labute approximate surface area is 199 Å². The van der Waals surface area contributed by atoms with Gasteiger partial charge in [0.05, 0.1) is 13.2 Å². The van der Waals surface area contributed by atoms with E-state index in [0.717, 1.165) is 90.7 Å². The highest BCUT2D eigenvalue weighted by atomic mass is 127. The zero-order chi connectivity index (χ0) is 20.3. The monoisotopic (exact) mass is 535 g/mol. The maximum absolute atomic E-state index is 12.8. The van der Waals surface area contributed by atoms with Crippen LogP contribution >= 0.6 is 24.0 Å². The number of amides is 1. The number of hydrogen-bond donors (Lipinski definition) is 2. The Kier molecular flexibility index (Phi) is 12.4. The van der Waals surface area contributed by atoms with Crippen molar-refractivity contribution in [1.29, 1.82) is 0 Å². The number of carbonyl (C=O) groups excluding carboxylic acids is 1. The van der Waals surface area contributed by atoms with Gasteiger partial charge in [0.15, 0.2) is 5.96 Å². The number of ether oxygens (including phenoxy) is 1. The Balaban J connectivity index is 0.00000320. The molecule has 2 saturated heterocycles. The smallest absolute Gasteiger partial charge is 0.225 e. The van der Waals surface area contributed by atoms with Crippen molar-refractivity contribution in [3.05, 3.63) is 0 Å². The number of halogens is 1. The van der Waals surface area contributed by atoms with Gasteiger partial charge in [0.25, 0.3) is 0 Å². The second kappa shape index (κ2) is 14.5. The molecule has 3 aliphatic rings. The van der Waals surface area contributed by atoms with E-state index in [1.54, 1.807) is 0 Å². The van der Waals surface area contributed by atoms with Gasteiger partial charge in [-0.3, -0.25) is 14.7 Å². The quantitative estimate of drug-likeness (QED) is 0.216. The minimum atomic E-state index is 0. The van der Waals surface area contributed by atoms with Crippen LogP contribution in [-0.2, 0) is 9.53 Å². The molecule has 1 amide bonds. The van der Waals surface area contributed by atoms with E-state index in [-0.39, 0.29) is 29.9 Å². The molecule has 3 fully saturated rings. The summed E-state index contributed by atoms with van der Waals surface area (Å²) in [6, 6.07) is 0.314. The number of guanidine groups is 1. The molecule has 0 spiro atoms. The summed E-state index contributed by atoms with van der Waals surface area (Å²) in [6.45, 7) is 10.5. The third-order valence-electron chi connectivity index (χ3n) is 6.40. The summed E-state index contributed by atoms with van der Waals surface area (Å²) >= 11 is 0. The summed E-state index contributed by atoms with van der Waals surface area (Å²) in [5.41, 5.74) is 0. The van der Waals surface area contributed by atoms with Gasteiger partial charge >= 0.3 is 0 Å². The summed E-state index contributed by atoms with van der Waals surface area (Å²) in [5.74, 6) is 1.56. The Morgan fingerprint density at radius 3 is 2.57 bits per heavy atom. The van der Waals surface area contributed by atoms with Crippen molar-refractivity contribution in [2.24, 2.45) is 10.9 Å². The van der Waals surface area contributed by atoms with Gasteiger partial charge in [-0.15, -0.1) is 24.0 Å². The molecule has 1 saturated carbocycles. The van der Waals surface area contributed by atoms with E-state index in [0.29, 0.717) is 11.9 Å². The van der Waals surface area contributed by atoms with Gasteiger partial charge in [-0.05, 0) is 45.6 Å². The average molecular weight is 536 g/mol. The van der Waals surface area contributed by atoms with Crippen LogP contribution in [0.4, 0.5) is 0 Å². The highest BCUT2D eigenvalue weighted by molar-refractivity contribution is 14.0. The third kappa shape index (κ3) is 8.49. The topological polar surface area (TPSA) is 69.2 Å². The maximum Gasteiger partial charge on any atom is 0.225 e. The molecule has 0 aromatic rings. The van der Waals surface area contributed by atoms with E-state index in [4.69, 9.17) is 9.73 Å². The number of aliphatic imine (C=N–C) groups is 1. The molecule has 0 bridgehead atoms. The van der Waals surface area contributed by atoms with Crippen molar-refractivity contribution in [3.63, 3.8) is 0 Å². The van der Waals surface area contributed by atoms with E-state index in [1.165, 1.54) is 25.7 Å². The lowest BCUT2D eigenvalue weighted by Gasteiger charge is -2.26. The van der Waals surface area contributed by atoms with Gasteiger partial charge in [0.2, 0.25) is 5.91 Å². The number of unbranched alkanes of at least 4 members (excludes halogenated alkanes) is 1. The zero-order valence-electron chi connectivity index (χ0n) is 18.7. The predicted molar refractivity (Wildman–Crippen MR) is 133 cm³/mol. The van der Waals surface area contributed by atoms with Gasteiger partial charge in [-0.1, -0.05) is 19.3 Å². The fraction of sp³-hybridized carbons (Fsp3) is 0.909. The fourth-order valence-corrected chi connectivity index (χ4v) is 4.66. The molecule has 174 valence electrons. The molecule has 2 aliphatic heterocycles. The van der Waals surface area contributed by atoms with Crippen molar-refractivity contribution >= 4 is 35.8 Å². The van der Waals surface area contributed by atoms with Gasteiger partial charge < -0.3 is 20.3 Å². The zero-order valence-corrected chi connectivity index (χ0v) is 21.1. The van der Waals surface area contributed by atoms with Crippen molar-refractivity contribution in [2.45, 2.75) is 64.3 Å². The lowest BCUT2D eigenvalue weighted by Crippen LogP contribution is -2.45. The first kappa shape index (κ1) is 25.6. The second-order valence-electron chi connectivity index (χ2n) is 8.67. The van der Waals surface area contributed by atoms with Crippen LogP contribution in [0.15, 0.2) is 4.99 Å². The van der Waals surface area contributed by atoms with Gasteiger partial charge in [0, 0.05) is 51.2 Å². The lowest BCUT2D eigenvalue weighted by molar-refractivity contribution is -0.135. The molecule has 1 aliphatic carbocycles. The number of morpholine rings is 1. The maximum atomic E-state index is 12.8. The average Bonchev–Trinajstić information content (AvgIpc) is 3.23. The molecule has 8 heteroatoms. The van der Waals surface area contributed by atoms with Crippen molar-refractivity contribution in [3.8, 4) is 0 Å². The second-order valence-corrected chi connectivity index (χ2v) is 8.67. The standard InChI is InChI=1S/C22H41N5O2.HI/c1-2-23-22(24-11-6-7-12-26-14-16-29-17-15-26)25-20-10-13-27(18-20)21(28)19-8-4-3-5-9-19;/h19-20H,2-18H2,1H3,(H2,23,24,25);1H. The largest absolute Gasteiger partial charge is 0.379 e. The molecule has 0 radical (unpaired) electrons. The fourth-order valence-electron chi connectivity index (χ4n) is 4.66. The van der Waals surface area contributed by atoms with Crippen LogP contribution in [0.1, 0.15) is 58.3 Å². The Hall–Kier alpha value is -0.610. The molecule has 1 atom stereocenters. The van der Waals surface area contributed by atoms with Crippen LogP contribution < -0.4 is 10.6 Å². The highest BCUT2D eigenvalue weighted by Crippen LogP contribution is 2.26. The Morgan fingerprint density at radius 2 is 1.83 bits per heavy atom. The normalized spacial score (nSPS) is 23.8. The first-order valence-corrected chi connectivity index (χ1v) is 11.9. The van der Waals surface area contributed by atoms with Crippen LogP contribution in [0, 0.1) is 5.92 Å². The van der Waals surface area contributed by atoms with E-state index in [9.17, 15) is 4.79 Å². The molecule has 0 aromatic carbocycles. The van der Waals surface area contributed by atoms with Crippen LogP contribution in [0.3, 0.4) is 0 Å². The summed E-state index contributed by atoms with van der Waals surface area (Å²) in [7, 11) is 0. The Morgan fingerprint density at radius 1 is 1.07 bits per heavy atom. The number of hydrogen-bond acceptors (Lipinski definition) is 4. The lowest BCUT2D eigenvalue weighted by atomic mass is 9.88. The molecular formula is C22H42IN5O2. The minimum Gasteiger partial charge on any atom is -0.379 e. The Bertz CT molecular complexity index is 522. The number of likely N-dealkylation sites (tertiary alicyclic amines) is 1. The van der Waals surface area contributed by atoms with Gasteiger partial charge in [-0.25, -0.2) is 0 Å². The SMILES string of the molecule is CCNC(=NCCCCN1CCOCC1)NC1CCN(C(=O)C2CCCCC2)C1.I. The summed E-state index contributed by atoms with van der Waals surface area (Å²) in [6.07, 6.45) is 9.19. The number of nitrogens with zero attached hydrogens (tertiary/aromatic N) is 3. The molecule has 7 nitrogen and oxygen atoms in total. The van der Waals surface area contributed by atoms with Crippen molar-refractivity contribution in [1.82, 2.24) is 20.4 Å². The minimum absolute atomic E-state index is 0. The van der Waals surface area contributed by atoms with E-state index < -0.39 is 0 Å². The molecule has 2 heterocycles. The highest BCUT2D eigenvalue weighted by Gasteiger charge is 2.31. The molecule has 0 aromatic heterocycles. The van der Waals surface area contributed by atoms with E-state index in [2.05, 4.69) is 27.4 Å². The molecular weight excluding hydrogens is 493 g/mol. The summed E-state index contributed by atoms with van der Waals surface area (Å²) < 4.78 is 5.40. The molecule has 30 heavy (non-hydrogen) atoms. The molecule has 2 N–H and O–H groups in total. The first-order valence-electron chi connectivity index (χ1n) is 11.9. The van der Waals surface area contributed by atoms with Crippen LogP contribution in [0.5, 0.6) is 0 Å². The van der Waals surface area contributed by atoms with Crippen LogP contribution in [0.2, 0.25) is 0 Å². The van der Waals surface area contributed by atoms with Gasteiger partial charge in [0.1, 0.15) is 0 Å². The number of rotatable bonds is 8. The first-order chi connectivity index (χ1) is 14.3. The van der Waals surface area contributed by atoms with Crippen LogP contribution in [0.25, 0.3) is 0 Å². The molecule has 3 rings (SSSR count). The van der Waals surface area contributed by atoms with E-state index >= 15 is 0 Å². The van der Waals surface area contributed by atoms with Crippen molar-refractivity contribution < 1.29 is 9.53 Å². The third-order valence-corrected chi connectivity index (χ3v) is 6.40. The van der Waals surface area contributed by atoms with Crippen LogP contribution in [-0.4, -0.2) is 86.7 Å². The predicted octanol–water partition coefficient (Wildman–Crippen LogP) is 2.45. The van der Waals surface area contributed by atoms with Gasteiger partial charge in [-0.2, -0.15) is 0 Å². The summed E-state index contributed by atoms with van der Waals surface area (Å²) in [5, 5.41) is 6.93. The van der Waals surface area contributed by atoms with Crippen molar-refractivity contribution in [2.75, 3.05) is 59.0 Å².